The predicted octanol–water partition coefficient (Wildman–Crippen LogP) is 1.75. The van der Waals surface area contributed by atoms with E-state index in [2.05, 4.69) is 19.2 Å². The minimum absolute atomic E-state index is 0.0426. The second-order valence-corrected chi connectivity index (χ2v) is 5.14. The highest BCUT2D eigenvalue weighted by Crippen LogP contribution is 2.06. The van der Waals surface area contributed by atoms with Gasteiger partial charge in [-0.25, -0.2) is 0 Å². The van der Waals surface area contributed by atoms with Gasteiger partial charge in [-0.2, -0.15) is 11.8 Å². The number of thioether (sulfide) groups is 1. The zero-order chi connectivity index (χ0) is 12.4. The molecule has 2 N–H and O–H groups in total. The second-order valence-electron chi connectivity index (χ2n) is 4.11. The highest BCUT2D eigenvalue weighted by Gasteiger charge is 2.02. The largest absolute Gasteiger partial charge is 0.481 e. The van der Waals surface area contributed by atoms with Crippen LogP contribution in [0.2, 0.25) is 0 Å². The number of hydrogen-bond acceptors (Lipinski definition) is 3. The summed E-state index contributed by atoms with van der Waals surface area (Å²) in [4.78, 5) is 21.5. The lowest BCUT2D eigenvalue weighted by Crippen LogP contribution is -2.26. The Morgan fingerprint density at radius 3 is 2.56 bits per heavy atom. The van der Waals surface area contributed by atoms with Crippen LogP contribution in [-0.4, -0.2) is 35.0 Å². The van der Waals surface area contributed by atoms with Gasteiger partial charge in [-0.3, -0.25) is 9.59 Å². The van der Waals surface area contributed by atoms with E-state index in [1.807, 2.05) is 0 Å². The summed E-state index contributed by atoms with van der Waals surface area (Å²) >= 11 is 1.63. The number of amides is 1. The number of carboxylic acids is 1. The topological polar surface area (TPSA) is 66.4 Å². The first-order valence-corrected chi connectivity index (χ1v) is 6.74. The van der Waals surface area contributed by atoms with E-state index in [1.165, 1.54) is 0 Å². The monoisotopic (exact) mass is 247 g/mol. The zero-order valence-electron chi connectivity index (χ0n) is 9.99. The van der Waals surface area contributed by atoms with Crippen molar-refractivity contribution in [2.45, 2.75) is 33.1 Å². The highest BCUT2D eigenvalue weighted by atomic mass is 32.2. The molecule has 0 aliphatic rings. The molecule has 0 spiro atoms. The summed E-state index contributed by atoms with van der Waals surface area (Å²) in [6, 6.07) is 0. The van der Waals surface area contributed by atoms with Crippen molar-refractivity contribution >= 4 is 23.6 Å². The van der Waals surface area contributed by atoms with E-state index < -0.39 is 5.97 Å². The van der Waals surface area contributed by atoms with Gasteiger partial charge in [0, 0.05) is 13.0 Å². The van der Waals surface area contributed by atoms with Gasteiger partial charge >= 0.3 is 5.97 Å². The quantitative estimate of drug-likeness (QED) is 0.609. The average Bonchev–Trinajstić information content (AvgIpc) is 2.16. The predicted molar refractivity (Wildman–Crippen MR) is 66.7 cm³/mol. The van der Waals surface area contributed by atoms with Crippen LogP contribution in [0.5, 0.6) is 0 Å². The molecule has 0 aliphatic carbocycles. The Morgan fingerprint density at radius 1 is 1.31 bits per heavy atom. The minimum atomic E-state index is -0.779. The van der Waals surface area contributed by atoms with Gasteiger partial charge in [0.05, 0.1) is 5.75 Å². The van der Waals surface area contributed by atoms with Crippen molar-refractivity contribution in [2.75, 3.05) is 18.1 Å². The summed E-state index contributed by atoms with van der Waals surface area (Å²) in [5.41, 5.74) is 0. The van der Waals surface area contributed by atoms with Gasteiger partial charge in [-0.05, 0) is 24.5 Å². The number of nitrogens with one attached hydrogen (secondary N) is 1. The fraction of sp³-hybridized carbons (Fsp3) is 0.818. The molecule has 0 bridgehead atoms. The molecular weight excluding hydrogens is 226 g/mol. The first-order valence-electron chi connectivity index (χ1n) is 5.58. The number of carbonyl (C=O) groups excluding carboxylic acids is 1. The molecule has 0 saturated carbocycles. The highest BCUT2D eigenvalue weighted by molar-refractivity contribution is 7.99. The van der Waals surface area contributed by atoms with E-state index in [1.54, 1.807) is 11.8 Å². The van der Waals surface area contributed by atoms with Crippen molar-refractivity contribution in [2.24, 2.45) is 5.92 Å². The van der Waals surface area contributed by atoms with E-state index in [9.17, 15) is 9.59 Å². The van der Waals surface area contributed by atoms with Gasteiger partial charge in [0.25, 0.3) is 0 Å². The normalized spacial score (nSPS) is 10.4. The van der Waals surface area contributed by atoms with Gasteiger partial charge in [0.2, 0.25) is 5.91 Å². The first kappa shape index (κ1) is 15.3. The standard InChI is InChI=1S/C11H21NO3S/c1-9(2)7-16-8-10(13)12-6-4-3-5-11(14)15/h9H,3-8H2,1-2H3,(H,12,13)(H,14,15). The van der Waals surface area contributed by atoms with Crippen molar-refractivity contribution < 1.29 is 14.7 Å². The molecule has 4 nitrogen and oxygen atoms in total. The van der Waals surface area contributed by atoms with Crippen LogP contribution in [0.25, 0.3) is 0 Å². The molecule has 0 radical (unpaired) electrons. The number of carboxylic acid groups (broad SMARTS) is 1. The van der Waals surface area contributed by atoms with Crippen molar-refractivity contribution in [3.63, 3.8) is 0 Å². The van der Waals surface area contributed by atoms with E-state index >= 15 is 0 Å². The third-order valence-corrected chi connectivity index (χ3v) is 3.19. The van der Waals surface area contributed by atoms with Gasteiger partial charge in [-0.1, -0.05) is 13.8 Å². The molecule has 0 aliphatic heterocycles. The fourth-order valence-corrected chi connectivity index (χ4v) is 1.94. The van der Waals surface area contributed by atoms with Crippen molar-refractivity contribution in [1.82, 2.24) is 5.32 Å². The summed E-state index contributed by atoms with van der Waals surface area (Å²) in [5, 5.41) is 11.2. The molecule has 0 heterocycles. The molecule has 0 aromatic carbocycles. The summed E-state index contributed by atoms with van der Waals surface area (Å²) in [7, 11) is 0. The SMILES string of the molecule is CC(C)CSCC(=O)NCCCCC(=O)O. The lowest BCUT2D eigenvalue weighted by atomic mass is 10.2. The minimum Gasteiger partial charge on any atom is -0.481 e. The van der Waals surface area contributed by atoms with Crippen LogP contribution >= 0.6 is 11.8 Å². The lowest BCUT2D eigenvalue weighted by Gasteiger charge is -2.05. The van der Waals surface area contributed by atoms with Gasteiger partial charge < -0.3 is 10.4 Å². The Balaban J connectivity index is 3.27. The van der Waals surface area contributed by atoms with E-state index in [4.69, 9.17) is 5.11 Å². The molecule has 0 atom stereocenters. The number of unbranched alkanes of at least 4 members (excludes halogenated alkanes) is 1. The maximum absolute atomic E-state index is 11.3. The van der Waals surface area contributed by atoms with Gasteiger partial charge in [0.1, 0.15) is 0 Å². The van der Waals surface area contributed by atoms with E-state index in [-0.39, 0.29) is 12.3 Å². The number of carbonyl (C=O) groups is 2. The molecule has 0 unspecified atom stereocenters. The fourth-order valence-electron chi connectivity index (χ4n) is 1.07. The van der Waals surface area contributed by atoms with E-state index in [0.29, 0.717) is 24.6 Å². The molecule has 1 amide bonds. The smallest absolute Gasteiger partial charge is 0.303 e. The molecule has 5 heteroatoms. The molecule has 16 heavy (non-hydrogen) atoms. The molecule has 0 aromatic heterocycles. The van der Waals surface area contributed by atoms with Crippen LogP contribution in [0.3, 0.4) is 0 Å². The Morgan fingerprint density at radius 2 is 2.00 bits per heavy atom. The van der Waals surface area contributed by atoms with E-state index in [0.717, 1.165) is 12.2 Å². The molecular formula is C11H21NO3S. The van der Waals surface area contributed by atoms with Crippen molar-refractivity contribution in [3.8, 4) is 0 Å². The Labute approximate surface area is 101 Å². The zero-order valence-corrected chi connectivity index (χ0v) is 10.8. The Bertz CT molecular complexity index is 219. The van der Waals surface area contributed by atoms with Crippen LogP contribution in [0, 0.1) is 5.92 Å². The Kier molecular flexibility index (Phi) is 9.09. The third-order valence-electron chi connectivity index (χ3n) is 1.82. The lowest BCUT2D eigenvalue weighted by molar-refractivity contribution is -0.137. The van der Waals surface area contributed by atoms with Crippen LogP contribution in [-0.2, 0) is 9.59 Å². The number of hydrogen-bond donors (Lipinski definition) is 2. The molecule has 0 fully saturated rings. The van der Waals surface area contributed by atoms with Crippen LogP contribution in [0.4, 0.5) is 0 Å². The van der Waals surface area contributed by atoms with Crippen molar-refractivity contribution in [1.29, 1.82) is 0 Å². The van der Waals surface area contributed by atoms with Gasteiger partial charge in [-0.15, -0.1) is 0 Å². The average molecular weight is 247 g/mol. The number of rotatable bonds is 9. The summed E-state index contributed by atoms with van der Waals surface area (Å²) in [6.45, 7) is 4.82. The van der Waals surface area contributed by atoms with Crippen LogP contribution < -0.4 is 5.32 Å². The second kappa shape index (κ2) is 9.51. The maximum Gasteiger partial charge on any atom is 0.303 e. The van der Waals surface area contributed by atoms with Gasteiger partial charge in [0.15, 0.2) is 0 Å². The summed E-state index contributed by atoms with van der Waals surface area (Å²) < 4.78 is 0. The molecule has 0 saturated heterocycles. The maximum atomic E-state index is 11.3. The third kappa shape index (κ3) is 11.4. The van der Waals surface area contributed by atoms with Crippen LogP contribution in [0.1, 0.15) is 33.1 Å². The number of aliphatic carboxylic acids is 1. The summed E-state index contributed by atoms with van der Waals surface area (Å²) in [6.07, 6.45) is 1.53. The Hall–Kier alpha value is -0.710. The molecule has 0 aromatic rings. The van der Waals surface area contributed by atoms with Crippen molar-refractivity contribution in [3.05, 3.63) is 0 Å². The van der Waals surface area contributed by atoms with Crippen LogP contribution in [0.15, 0.2) is 0 Å². The first-order chi connectivity index (χ1) is 7.52. The molecule has 94 valence electrons. The summed E-state index contributed by atoms with van der Waals surface area (Å²) in [5.74, 6) is 1.36. The molecule has 0 rings (SSSR count).